The molecule has 0 radical (unpaired) electrons. The van der Waals surface area contributed by atoms with E-state index in [1.165, 1.54) is 18.2 Å². The SMILES string of the molecule is Cc1cc(C)n(CC(=O)c2cccc(F)c2)n1. The Kier molecular flexibility index (Phi) is 3.04. The van der Waals surface area contributed by atoms with E-state index in [4.69, 9.17) is 0 Å². The fraction of sp³-hybridized carbons (Fsp3) is 0.231. The second-order valence-electron chi connectivity index (χ2n) is 4.02. The minimum Gasteiger partial charge on any atom is -0.292 e. The van der Waals surface area contributed by atoms with Crippen LogP contribution < -0.4 is 0 Å². The van der Waals surface area contributed by atoms with Gasteiger partial charge in [0.15, 0.2) is 5.78 Å². The van der Waals surface area contributed by atoms with Gasteiger partial charge in [-0.2, -0.15) is 5.10 Å². The highest BCUT2D eigenvalue weighted by molar-refractivity contribution is 5.95. The molecule has 0 aliphatic carbocycles. The third kappa shape index (κ3) is 2.58. The van der Waals surface area contributed by atoms with Crippen molar-refractivity contribution in [1.82, 2.24) is 9.78 Å². The van der Waals surface area contributed by atoms with Crippen LogP contribution in [0.15, 0.2) is 30.3 Å². The molecule has 17 heavy (non-hydrogen) atoms. The number of hydrogen-bond acceptors (Lipinski definition) is 2. The van der Waals surface area contributed by atoms with Crippen LogP contribution in [0.5, 0.6) is 0 Å². The molecule has 4 heteroatoms. The summed E-state index contributed by atoms with van der Waals surface area (Å²) >= 11 is 0. The van der Waals surface area contributed by atoms with Gasteiger partial charge in [0, 0.05) is 11.3 Å². The largest absolute Gasteiger partial charge is 0.292 e. The molecule has 0 spiro atoms. The molecule has 0 fully saturated rings. The van der Waals surface area contributed by atoms with Crippen molar-refractivity contribution in [3.63, 3.8) is 0 Å². The van der Waals surface area contributed by atoms with Crippen LogP contribution in [0.25, 0.3) is 0 Å². The van der Waals surface area contributed by atoms with E-state index in [1.54, 1.807) is 10.7 Å². The molecule has 0 aliphatic heterocycles. The monoisotopic (exact) mass is 232 g/mol. The minimum absolute atomic E-state index is 0.142. The molecule has 1 heterocycles. The predicted molar refractivity (Wildman–Crippen MR) is 62.4 cm³/mol. The van der Waals surface area contributed by atoms with Crippen LogP contribution in [0.3, 0.4) is 0 Å². The molecular weight excluding hydrogens is 219 g/mol. The van der Waals surface area contributed by atoms with Gasteiger partial charge in [0.2, 0.25) is 0 Å². The quantitative estimate of drug-likeness (QED) is 0.762. The molecule has 1 aromatic carbocycles. The van der Waals surface area contributed by atoms with Gasteiger partial charge in [0.05, 0.1) is 5.69 Å². The summed E-state index contributed by atoms with van der Waals surface area (Å²) < 4.78 is 14.6. The van der Waals surface area contributed by atoms with Crippen molar-refractivity contribution in [1.29, 1.82) is 0 Å². The first kappa shape index (κ1) is 11.5. The number of halogens is 1. The zero-order valence-corrected chi connectivity index (χ0v) is 9.77. The van der Waals surface area contributed by atoms with Gasteiger partial charge in [-0.05, 0) is 32.0 Å². The normalized spacial score (nSPS) is 10.5. The molecule has 0 aliphatic rings. The zero-order chi connectivity index (χ0) is 12.4. The van der Waals surface area contributed by atoms with Gasteiger partial charge in [0.25, 0.3) is 0 Å². The molecule has 0 saturated heterocycles. The third-order valence-electron chi connectivity index (χ3n) is 2.54. The number of Topliss-reactive ketones (excluding diaryl/α,β-unsaturated/α-hetero) is 1. The van der Waals surface area contributed by atoms with Gasteiger partial charge in [0.1, 0.15) is 12.4 Å². The van der Waals surface area contributed by atoms with Crippen molar-refractivity contribution < 1.29 is 9.18 Å². The van der Waals surface area contributed by atoms with Crippen molar-refractivity contribution in [2.24, 2.45) is 0 Å². The summed E-state index contributed by atoms with van der Waals surface area (Å²) in [6, 6.07) is 7.60. The van der Waals surface area contributed by atoms with Gasteiger partial charge < -0.3 is 0 Å². The van der Waals surface area contributed by atoms with Crippen molar-refractivity contribution in [2.45, 2.75) is 20.4 Å². The molecule has 2 aromatic rings. The Morgan fingerprint density at radius 2 is 2.12 bits per heavy atom. The van der Waals surface area contributed by atoms with Crippen LogP contribution in [0.2, 0.25) is 0 Å². The van der Waals surface area contributed by atoms with Gasteiger partial charge in [-0.15, -0.1) is 0 Å². The lowest BCUT2D eigenvalue weighted by Gasteiger charge is -2.03. The van der Waals surface area contributed by atoms with E-state index in [2.05, 4.69) is 5.10 Å². The van der Waals surface area contributed by atoms with Gasteiger partial charge in [-0.1, -0.05) is 12.1 Å². The molecule has 0 unspecified atom stereocenters. The maximum absolute atomic E-state index is 13.0. The molecule has 0 atom stereocenters. The highest BCUT2D eigenvalue weighted by Crippen LogP contribution is 2.08. The molecule has 0 amide bonds. The topological polar surface area (TPSA) is 34.9 Å². The molecule has 0 saturated carbocycles. The summed E-state index contributed by atoms with van der Waals surface area (Å²) in [5.74, 6) is -0.542. The lowest BCUT2D eigenvalue weighted by Crippen LogP contribution is -2.13. The van der Waals surface area contributed by atoms with Crippen LogP contribution in [-0.4, -0.2) is 15.6 Å². The first-order chi connectivity index (χ1) is 8.06. The third-order valence-corrected chi connectivity index (χ3v) is 2.54. The maximum Gasteiger partial charge on any atom is 0.184 e. The minimum atomic E-state index is -0.399. The van der Waals surface area contributed by atoms with Crippen LogP contribution in [0.4, 0.5) is 4.39 Å². The van der Waals surface area contributed by atoms with E-state index in [0.29, 0.717) is 5.56 Å². The number of benzene rings is 1. The Hall–Kier alpha value is -1.97. The van der Waals surface area contributed by atoms with Crippen LogP contribution >= 0.6 is 0 Å². The summed E-state index contributed by atoms with van der Waals surface area (Å²) in [6.07, 6.45) is 0. The predicted octanol–water partition coefficient (Wildman–Crippen LogP) is 2.52. The van der Waals surface area contributed by atoms with Gasteiger partial charge in [-0.3, -0.25) is 9.48 Å². The number of ketones is 1. The van der Waals surface area contributed by atoms with E-state index in [1.807, 2.05) is 19.9 Å². The van der Waals surface area contributed by atoms with Crippen molar-refractivity contribution >= 4 is 5.78 Å². The number of nitrogens with zero attached hydrogens (tertiary/aromatic N) is 2. The number of carbonyl (C=O) groups excluding carboxylic acids is 1. The molecule has 2 rings (SSSR count). The molecule has 88 valence electrons. The lowest BCUT2D eigenvalue weighted by atomic mass is 10.1. The summed E-state index contributed by atoms with van der Waals surface area (Å²) in [5, 5.41) is 4.20. The number of rotatable bonds is 3. The maximum atomic E-state index is 13.0. The van der Waals surface area contributed by atoms with E-state index >= 15 is 0 Å². The van der Waals surface area contributed by atoms with Crippen LogP contribution in [-0.2, 0) is 6.54 Å². The van der Waals surface area contributed by atoms with E-state index in [9.17, 15) is 9.18 Å². The Bertz CT molecular complexity index is 560. The van der Waals surface area contributed by atoms with E-state index in [-0.39, 0.29) is 12.3 Å². The zero-order valence-electron chi connectivity index (χ0n) is 9.77. The fourth-order valence-electron chi connectivity index (χ4n) is 1.72. The van der Waals surface area contributed by atoms with E-state index < -0.39 is 5.82 Å². The number of aromatic nitrogens is 2. The summed E-state index contributed by atoms with van der Waals surface area (Å²) in [5.41, 5.74) is 2.17. The molecule has 1 aromatic heterocycles. The Labute approximate surface area is 98.9 Å². The standard InChI is InChI=1S/C13H13FN2O/c1-9-6-10(2)16(15-9)8-13(17)11-4-3-5-12(14)7-11/h3-7H,8H2,1-2H3. The van der Waals surface area contributed by atoms with Crippen LogP contribution in [0, 0.1) is 19.7 Å². The molecule has 0 N–H and O–H groups in total. The second-order valence-corrected chi connectivity index (χ2v) is 4.02. The average Bonchev–Trinajstić information content (AvgIpc) is 2.57. The highest BCUT2D eigenvalue weighted by Gasteiger charge is 2.10. The highest BCUT2D eigenvalue weighted by atomic mass is 19.1. The summed E-state index contributed by atoms with van der Waals surface area (Å²) in [6.45, 7) is 3.90. The number of aryl methyl sites for hydroxylation is 2. The Balaban J connectivity index is 2.20. The first-order valence-electron chi connectivity index (χ1n) is 5.36. The average molecular weight is 232 g/mol. The second kappa shape index (κ2) is 4.49. The molecule has 0 bridgehead atoms. The van der Waals surface area contributed by atoms with E-state index in [0.717, 1.165) is 11.4 Å². The smallest absolute Gasteiger partial charge is 0.184 e. The number of hydrogen-bond donors (Lipinski definition) is 0. The molecular formula is C13H13FN2O. The first-order valence-corrected chi connectivity index (χ1v) is 5.36. The van der Waals surface area contributed by atoms with Gasteiger partial charge >= 0.3 is 0 Å². The Morgan fingerprint density at radius 1 is 1.35 bits per heavy atom. The van der Waals surface area contributed by atoms with Crippen molar-refractivity contribution in [3.8, 4) is 0 Å². The fourth-order valence-corrected chi connectivity index (χ4v) is 1.72. The lowest BCUT2D eigenvalue weighted by molar-refractivity contribution is 0.0966. The number of carbonyl (C=O) groups is 1. The van der Waals surface area contributed by atoms with Crippen LogP contribution in [0.1, 0.15) is 21.7 Å². The van der Waals surface area contributed by atoms with Crippen molar-refractivity contribution in [2.75, 3.05) is 0 Å². The Morgan fingerprint density at radius 3 is 2.71 bits per heavy atom. The van der Waals surface area contributed by atoms with Crippen molar-refractivity contribution in [3.05, 3.63) is 53.1 Å². The molecule has 3 nitrogen and oxygen atoms in total. The summed E-state index contributed by atoms with van der Waals surface area (Å²) in [4.78, 5) is 11.9. The summed E-state index contributed by atoms with van der Waals surface area (Å²) in [7, 11) is 0. The van der Waals surface area contributed by atoms with Gasteiger partial charge in [-0.25, -0.2) is 4.39 Å².